The molecule has 0 aromatic carbocycles. The van der Waals surface area contributed by atoms with Crippen LogP contribution in [0, 0.1) is 5.92 Å². The Bertz CT molecular complexity index is 292. The number of nitrogens with one attached hydrogen (secondary N) is 1. The standard InChI is InChI=1S/C11H17NOS2/c1-12-11(7-13,9-4-5-9)8-15-10-3-2-6-14-10/h2-3,6,9,12-13H,4-5,7-8H2,1H3. The van der Waals surface area contributed by atoms with Crippen molar-refractivity contribution in [2.45, 2.75) is 22.6 Å². The predicted octanol–water partition coefficient (Wildman–Crippen LogP) is 2.20. The van der Waals surface area contributed by atoms with E-state index in [2.05, 4.69) is 22.8 Å². The largest absolute Gasteiger partial charge is 0.394 e. The first-order valence-electron chi connectivity index (χ1n) is 5.27. The molecule has 4 heteroatoms. The number of aliphatic hydroxyl groups excluding tert-OH is 1. The molecule has 1 fully saturated rings. The molecule has 84 valence electrons. The summed E-state index contributed by atoms with van der Waals surface area (Å²) in [4.78, 5) is 0. The van der Waals surface area contributed by atoms with Gasteiger partial charge in [-0.1, -0.05) is 6.07 Å². The molecule has 0 spiro atoms. The van der Waals surface area contributed by atoms with Gasteiger partial charge in [0.05, 0.1) is 16.4 Å². The summed E-state index contributed by atoms with van der Waals surface area (Å²) in [5, 5.41) is 15.0. The Balaban J connectivity index is 1.94. The van der Waals surface area contributed by atoms with Crippen LogP contribution in [0.15, 0.2) is 21.7 Å². The summed E-state index contributed by atoms with van der Waals surface area (Å²) < 4.78 is 1.34. The first-order valence-corrected chi connectivity index (χ1v) is 7.13. The minimum absolute atomic E-state index is 0.0609. The lowest BCUT2D eigenvalue weighted by molar-refractivity contribution is 0.167. The first kappa shape index (κ1) is 11.5. The molecule has 0 bridgehead atoms. The van der Waals surface area contributed by atoms with Crippen LogP contribution >= 0.6 is 23.1 Å². The average Bonchev–Trinajstić information content (AvgIpc) is 2.99. The van der Waals surface area contributed by atoms with Crippen LogP contribution in [0.4, 0.5) is 0 Å². The maximum absolute atomic E-state index is 9.54. The third kappa shape index (κ3) is 2.56. The van der Waals surface area contributed by atoms with Gasteiger partial charge < -0.3 is 10.4 Å². The van der Waals surface area contributed by atoms with Crippen LogP contribution in [0.25, 0.3) is 0 Å². The van der Waals surface area contributed by atoms with E-state index in [1.54, 1.807) is 11.3 Å². The van der Waals surface area contributed by atoms with Gasteiger partial charge >= 0.3 is 0 Å². The number of rotatable bonds is 6. The van der Waals surface area contributed by atoms with Gasteiger partial charge in [0.15, 0.2) is 0 Å². The van der Waals surface area contributed by atoms with Gasteiger partial charge in [0.1, 0.15) is 0 Å². The first-order chi connectivity index (χ1) is 7.30. The Morgan fingerprint density at radius 1 is 1.67 bits per heavy atom. The highest BCUT2D eigenvalue weighted by molar-refractivity contribution is 8.01. The summed E-state index contributed by atoms with van der Waals surface area (Å²) in [5.74, 6) is 1.63. The van der Waals surface area contributed by atoms with E-state index in [1.165, 1.54) is 17.1 Å². The molecule has 1 heterocycles. The fourth-order valence-electron chi connectivity index (χ4n) is 1.83. The number of likely N-dealkylation sites (N-methyl/N-ethyl adjacent to an activating group) is 1. The van der Waals surface area contributed by atoms with E-state index in [4.69, 9.17) is 0 Å². The van der Waals surface area contributed by atoms with E-state index < -0.39 is 0 Å². The highest BCUT2D eigenvalue weighted by atomic mass is 32.2. The predicted molar refractivity (Wildman–Crippen MR) is 66.6 cm³/mol. The van der Waals surface area contributed by atoms with Crippen molar-refractivity contribution >= 4 is 23.1 Å². The normalized spacial score (nSPS) is 20.1. The molecule has 0 amide bonds. The van der Waals surface area contributed by atoms with Crippen molar-refractivity contribution in [3.63, 3.8) is 0 Å². The average molecular weight is 243 g/mol. The van der Waals surface area contributed by atoms with Crippen LogP contribution in [0.5, 0.6) is 0 Å². The van der Waals surface area contributed by atoms with Crippen LogP contribution in [-0.4, -0.2) is 30.1 Å². The maximum Gasteiger partial charge on any atom is 0.0624 e. The number of hydrogen-bond acceptors (Lipinski definition) is 4. The van der Waals surface area contributed by atoms with Gasteiger partial charge in [0.2, 0.25) is 0 Å². The molecule has 0 radical (unpaired) electrons. The van der Waals surface area contributed by atoms with E-state index in [0.29, 0.717) is 5.92 Å². The van der Waals surface area contributed by atoms with Crippen LogP contribution in [0.3, 0.4) is 0 Å². The molecule has 1 aliphatic carbocycles. The monoisotopic (exact) mass is 243 g/mol. The third-order valence-corrected chi connectivity index (χ3v) is 5.49. The SMILES string of the molecule is CNC(CO)(CSc1cccs1)C1CC1. The van der Waals surface area contributed by atoms with Gasteiger partial charge in [0, 0.05) is 5.75 Å². The lowest BCUT2D eigenvalue weighted by atomic mass is 9.97. The number of thiophene rings is 1. The van der Waals surface area contributed by atoms with Gasteiger partial charge in [-0.15, -0.1) is 23.1 Å². The maximum atomic E-state index is 9.54. The van der Waals surface area contributed by atoms with Crippen LogP contribution < -0.4 is 5.32 Å². The topological polar surface area (TPSA) is 32.3 Å². The molecule has 2 rings (SSSR count). The smallest absolute Gasteiger partial charge is 0.0624 e. The molecule has 1 saturated carbocycles. The Morgan fingerprint density at radius 2 is 2.47 bits per heavy atom. The van der Waals surface area contributed by atoms with Crippen LogP contribution in [0.1, 0.15) is 12.8 Å². The molecule has 1 aromatic heterocycles. The molecule has 0 aliphatic heterocycles. The van der Waals surface area contributed by atoms with Gasteiger partial charge in [-0.05, 0) is 37.3 Å². The zero-order chi connectivity index (χ0) is 10.7. The zero-order valence-corrected chi connectivity index (χ0v) is 10.5. The lowest BCUT2D eigenvalue weighted by Gasteiger charge is -2.31. The zero-order valence-electron chi connectivity index (χ0n) is 8.90. The second-order valence-corrected chi connectivity index (χ2v) is 6.28. The Hall–Kier alpha value is -0.0300. The highest BCUT2D eigenvalue weighted by Crippen LogP contribution is 2.42. The molecule has 1 atom stereocenters. The second kappa shape index (κ2) is 4.87. The summed E-state index contributed by atoms with van der Waals surface area (Å²) in [6.07, 6.45) is 2.51. The van der Waals surface area contributed by atoms with Gasteiger partial charge in [-0.2, -0.15) is 0 Å². The van der Waals surface area contributed by atoms with E-state index in [9.17, 15) is 5.11 Å². The Morgan fingerprint density at radius 3 is 2.93 bits per heavy atom. The van der Waals surface area contributed by atoms with E-state index in [0.717, 1.165) is 5.75 Å². The van der Waals surface area contributed by atoms with Crippen molar-refractivity contribution in [3.05, 3.63) is 17.5 Å². The van der Waals surface area contributed by atoms with Crippen molar-refractivity contribution < 1.29 is 5.11 Å². The molecule has 0 saturated heterocycles. The van der Waals surface area contributed by atoms with Gasteiger partial charge in [0.25, 0.3) is 0 Å². The summed E-state index contributed by atoms with van der Waals surface area (Å²) in [6.45, 7) is 0.243. The van der Waals surface area contributed by atoms with E-state index in [-0.39, 0.29) is 12.1 Å². The highest BCUT2D eigenvalue weighted by Gasteiger charge is 2.43. The van der Waals surface area contributed by atoms with Gasteiger partial charge in [-0.25, -0.2) is 0 Å². The van der Waals surface area contributed by atoms with Crippen LogP contribution in [0.2, 0.25) is 0 Å². The molecule has 1 aromatic rings. The molecule has 15 heavy (non-hydrogen) atoms. The summed E-state index contributed by atoms with van der Waals surface area (Å²) >= 11 is 3.62. The van der Waals surface area contributed by atoms with Crippen molar-refractivity contribution in [2.75, 3.05) is 19.4 Å². The van der Waals surface area contributed by atoms with Crippen LogP contribution in [-0.2, 0) is 0 Å². The summed E-state index contributed by atoms with van der Waals surface area (Å²) in [6, 6.07) is 4.21. The minimum atomic E-state index is -0.0609. The fourth-order valence-corrected chi connectivity index (χ4v) is 3.94. The van der Waals surface area contributed by atoms with Crippen molar-refractivity contribution in [1.82, 2.24) is 5.32 Å². The number of aliphatic hydroxyl groups is 1. The second-order valence-electron chi connectivity index (χ2n) is 4.06. The summed E-state index contributed by atoms with van der Waals surface area (Å²) in [5.41, 5.74) is -0.0609. The molecule has 1 aliphatic rings. The number of hydrogen-bond donors (Lipinski definition) is 2. The van der Waals surface area contributed by atoms with Crippen molar-refractivity contribution in [1.29, 1.82) is 0 Å². The van der Waals surface area contributed by atoms with E-state index in [1.807, 2.05) is 18.8 Å². The summed E-state index contributed by atoms with van der Waals surface area (Å²) in [7, 11) is 1.96. The Labute approximate surface area is 99.1 Å². The number of thioether (sulfide) groups is 1. The molecular weight excluding hydrogens is 226 g/mol. The van der Waals surface area contributed by atoms with Crippen molar-refractivity contribution in [2.24, 2.45) is 5.92 Å². The molecular formula is C11H17NOS2. The molecule has 1 unspecified atom stereocenters. The minimum Gasteiger partial charge on any atom is -0.394 e. The fraction of sp³-hybridized carbons (Fsp3) is 0.636. The molecule has 2 nitrogen and oxygen atoms in total. The third-order valence-electron chi connectivity index (χ3n) is 3.11. The van der Waals surface area contributed by atoms with Gasteiger partial charge in [-0.3, -0.25) is 0 Å². The Kier molecular flexibility index (Phi) is 3.72. The lowest BCUT2D eigenvalue weighted by Crippen LogP contribution is -2.51. The quantitative estimate of drug-likeness (QED) is 0.751. The molecule has 2 N–H and O–H groups in total. The van der Waals surface area contributed by atoms with Crippen molar-refractivity contribution in [3.8, 4) is 0 Å². The van der Waals surface area contributed by atoms with E-state index >= 15 is 0 Å².